The minimum absolute atomic E-state index is 0.503. The van der Waals surface area contributed by atoms with Crippen molar-refractivity contribution in [1.29, 1.82) is 0 Å². The first-order valence-corrected chi connectivity index (χ1v) is 6.93. The number of aromatic nitrogens is 3. The second-order valence-corrected chi connectivity index (χ2v) is 5.06. The molecule has 1 aliphatic heterocycles. The fourth-order valence-electron chi connectivity index (χ4n) is 2.88. The van der Waals surface area contributed by atoms with Gasteiger partial charge in [0.2, 0.25) is 0 Å². The molecule has 0 aromatic carbocycles. The molecule has 2 aromatic rings. The van der Waals surface area contributed by atoms with Crippen molar-refractivity contribution < 1.29 is 0 Å². The van der Waals surface area contributed by atoms with Crippen LogP contribution in [0.1, 0.15) is 32.6 Å². The summed E-state index contributed by atoms with van der Waals surface area (Å²) in [6.45, 7) is 3.30. The number of piperidine rings is 1. The number of rotatable bonds is 2. The van der Waals surface area contributed by atoms with Gasteiger partial charge in [0, 0.05) is 12.6 Å². The summed E-state index contributed by atoms with van der Waals surface area (Å²) in [6, 6.07) is 4.37. The third-order valence-corrected chi connectivity index (χ3v) is 3.87. The SMILES string of the molecule is CCC1CCCCN1c1ncnc2nc(N)ccc12. The monoisotopic (exact) mass is 257 g/mol. The average molecular weight is 257 g/mol. The maximum Gasteiger partial charge on any atom is 0.166 e. The van der Waals surface area contributed by atoms with Crippen molar-refractivity contribution >= 4 is 22.7 Å². The van der Waals surface area contributed by atoms with Crippen LogP contribution in [0.2, 0.25) is 0 Å². The Morgan fingerprint density at radius 2 is 2.21 bits per heavy atom. The smallest absolute Gasteiger partial charge is 0.166 e. The standard InChI is InChI=1S/C14H19N5/c1-2-10-5-3-4-8-19(10)14-11-6-7-12(15)18-13(11)16-9-17-14/h6-7,9-10H,2-5,8H2,1H3,(H2,15,16,17,18). The Kier molecular flexibility index (Phi) is 3.19. The normalized spacial score (nSPS) is 19.8. The summed E-state index contributed by atoms with van der Waals surface area (Å²) in [5, 5.41) is 0.997. The van der Waals surface area contributed by atoms with Crippen LogP contribution in [0.4, 0.5) is 11.6 Å². The van der Waals surface area contributed by atoms with Crippen molar-refractivity contribution in [3.8, 4) is 0 Å². The number of pyridine rings is 1. The van der Waals surface area contributed by atoms with Gasteiger partial charge in [-0.1, -0.05) is 6.92 Å². The topological polar surface area (TPSA) is 67.9 Å². The van der Waals surface area contributed by atoms with Crippen LogP contribution < -0.4 is 10.6 Å². The van der Waals surface area contributed by atoms with E-state index in [1.54, 1.807) is 6.33 Å². The molecule has 2 N–H and O–H groups in total. The average Bonchev–Trinajstić information content (AvgIpc) is 2.46. The Morgan fingerprint density at radius 1 is 1.32 bits per heavy atom. The molecule has 3 rings (SSSR count). The zero-order valence-electron chi connectivity index (χ0n) is 11.2. The zero-order chi connectivity index (χ0) is 13.2. The fraction of sp³-hybridized carbons (Fsp3) is 0.500. The maximum absolute atomic E-state index is 5.72. The molecule has 1 aliphatic rings. The summed E-state index contributed by atoms with van der Waals surface area (Å²) >= 11 is 0. The third kappa shape index (κ3) is 2.20. The molecule has 1 atom stereocenters. The Bertz CT molecular complexity index is 583. The second kappa shape index (κ2) is 4.99. The van der Waals surface area contributed by atoms with Gasteiger partial charge in [0.1, 0.15) is 18.0 Å². The van der Waals surface area contributed by atoms with Gasteiger partial charge in [0.25, 0.3) is 0 Å². The van der Waals surface area contributed by atoms with E-state index in [2.05, 4.69) is 26.8 Å². The van der Waals surface area contributed by atoms with Crippen LogP contribution >= 0.6 is 0 Å². The minimum atomic E-state index is 0.503. The van der Waals surface area contributed by atoms with Crippen molar-refractivity contribution in [2.45, 2.75) is 38.6 Å². The predicted octanol–water partition coefficient (Wildman–Crippen LogP) is 2.38. The number of hydrogen-bond donors (Lipinski definition) is 1. The molecule has 1 fully saturated rings. The summed E-state index contributed by atoms with van der Waals surface area (Å²) in [5.74, 6) is 1.51. The highest BCUT2D eigenvalue weighted by atomic mass is 15.2. The van der Waals surface area contributed by atoms with E-state index >= 15 is 0 Å². The number of hydrogen-bond acceptors (Lipinski definition) is 5. The van der Waals surface area contributed by atoms with Crippen LogP contribution in [0, 0.1) is 0 Å². The van der Waals surface area contributed by atoms with Crippen LogP contribution in [-0.4, -0.2) is 27.5 Å². The first kappa shape index (κ1) is 12.1. The summed E-state index contributed by atoms with van der Waals surface area (Å²) in [6.07, 6.45) is 6.51. The van der Waals surface area contributed by atoms with Gasteiger partial charge >= 0.3 is 0 Å². The molecule has 5 heteroatoms. The summed E-state index contributed by atoms with van der Waals surface area (Å²) in [4.78, 5) is 15.4. The Hall–Kier alpha value is -1.91. The number of anilines is 2. The first-order chi connectivity index (χ1) is 9.29. The molecule has 1 saturated heterocycles. The van der Waals surface area contributed by atoms with Gasteiger partial charge in [-0.15, -0.1) is 0 Å². The largest absolute Gasteiger partial charge is 0.384 e. The highest BCUT2D eigenvalue weighted by Crippen LogP contribution is 2.29. The van der Waals surface area contributed by atoms with Gasteiger partial charge in [-0.25, -0.2) is 15.0 Å². The van der Waals surface area contributed by atoms with Gasteiger partial charge in [-0.3, -0.25) is 0 Å². The highest BCUT2D eigenvalue weighted by Gasteiger charge is 2.23. The Balaban J connectivity index is 2.08. The van der Waals surface area contributed by atoms with Gasteiger partial charge in [-0.05, 0) is 37.8 Å². The van der Waals surface area contributed by atoms with Crippen molar-refractivity contribution in [2.24, 2.45) is 0 Å². The highest BCUT2D eigenvalue weighted by molar-refractivity contribution is 5.87. The van der Waals surface area contributed by atoms with E-state index in [1.165, 1.54) is 19.3 Å². The lowest BCUT2D eigenvalue weighted by molar-refractivity contribution is 0.447. The molecule has 0 bridgehead atoms. The van der Waals surface area contributed by atoms with E-state index < -0.39 is 0 Å². The summed E-state index contributed by atoms with van der Waals surface area (Å²) in [7, 11) is 0. The lowest BCUT2D eigenvalue weighted by Gasteiger charge is -2.36. The van der Waals surface area contributed by atoms with Crippen LogP contribution in [0.5, 0.6) is 0 Å². The first-order valence-electron chi connectivity index (χ1n) is 6.93. The van der Waals surface area contributed by atoms with Gasteiger partial charge < -0.3 is 10.6 Å². The number of nitrogens with two attached hydrogens (primary N) is 1. The van der Waals surface area contributed by atoms with E-state index in [0.717, 1.165) is 24.2 Å². The summed E-state index contributed by atoms with van der Waals surface area (Å²) in [5.41, 5.74) is 6.41. The maximum atomic E-state index is 5.72. The van der Waals surface area contributed by atoms with Crippen LogP contribution in [0.25, 0.3) is 11.0 Å². The zero-order valence-corrected chi connectivity index (χ0v) is 11.2. The fourth-order valence-corrected chi connectivity index (χ4v) is 2.88. The molecule has 0 radical (unpaired) electrons. The Morgan fingerprint density at radius 3 is 3.05 bits per heavy atom. The van der Waals surface area contributed by atoms with E-state index in [9.17, 15) is 0 Å². The number of fused-ring (bicyclic) bond motifs is 1. The molecule has 0 aliphatic carbocycles. The molecule has 100 valence electrons. The molecular formula is C14H19N5. The number of nitrogens with zero attached hydrogens (tertiary/aromatic N) is 4. The van der Waals surface area contributed by atoms with Crippen molar-refractivity contribution in [3.63, 3.8) is 0 Å². The molecule has 0 amide bonds. The summed E-state index contributed by atoms with van der Waals surface area (Å²) < 4.78 is 0. The molecular weight excluding hydrogens is 238 g/mol. The lowest BCUT2D eigenvalue weighted by atomic mass is 10.00. The van der Waals surface area contributed by atoms with E-state index in [-0.39, 0.29) is 0 Å². The molecule has 2 aromatic heterocycles. The molecule has 0 saturated carbocycles. The third-order valence-electron chi connectivity index (χ3n) is 3.87. The van der Waals surface area contributed by atoms with Crippen molar-refractivity contribution in [1.82, 2.24) is 15.0 Å². The lowest BCUT2D eigenvalue weighted by Crippen LogP contribution is -2.39. The van der Waals surface area contributed by atoms with E-state index in [4.69, 9.17) is 5.73 Å². The molecule has 1 unspecified atom stereocenters. The molecule has 5 nitrogen and oxygen atoms in total. The minimum Gasteiger partial charge on any atom is -0.384 e. The number of nitrogen functional groups attached to an aromatic ring is 1. The predicted molar refractivity (Wildman–Crippen MR) is 77.0 cm³/mol. The van der Waals surface area contributed by atoms with Crippen molar-refractivity contribution in [2.75, 3.05) is 17.2 Å². The second-order valence-electron chi connectivity index (χ2n) is 5.06. The van der Waals surface area contributed by atoms with E-state index in [0.29, 0.717) is 17.5 Å². The quantitative estimate of drug-likeness (QED) is 0.894. The Labute approximate surface area is 112 Å². The van der Waals surface area contributed by atoms with Crippen molar-refractivity contribution in [3.05, 3.63) is 18.5 Å². The van der Waals surface area contributed by atoms with Gasteiger partial charge in [0.05, 0.1) is 5.39 Å². The van der Waals surface area contributed by atoms with Gasteiger partial charge in [0.15, 0.2) is 5.65 Å². The molecule has 0 spiro atoms. The van der Waals surface area contributed by atoms with Crippen LogP contribution in [-0.2, 0) is 0 Å². The molecule has 3 heterocycles. The van der Waals surface area contributed by atoms with Crippen LogP contribution in [0.15, 0.2) is 18.5 Å². The van der Waals surface area contributed by atoms with E-state index in [1.807, 2.05) is 12.1 Å². The van der Waals surface area contributed by atoms with Gasteiger partial charge in [-0.2, -0.15) is 0 Å². The molecule has 19 heavy (non-hydrogen) atoms. The van der Waals surface area contributed by atoms with Crippen LogP contribution in [0.3, 0.4) is 0 Å².